The van der Waals surface area contributed by atoms with Gasteiger partial charge in [0.1, 0.15) is 0 Å². The van der Waals surface area contributed by atoms with Crippen LogP contribution in [0, 0.1) is 10.1 Å². The van der Waals surface area contributed by atoms with Crippen molar-refractivity contribution in [2.45, 2.75) is 0 Å². The first-order chi connectivity index (χ1) is 12.4. The fourth-order valence-electron chi connectivity index (χ4n) is 1.78. The van der Waals surface area contributed by atoms with Crippen LogP contribution < -0.4 is 10.2 Å². The van der Waals surface area contributed by atoms with Gasteiger partial charge in [-0.05, 0) is 39.7 Å². The Morgan fingerprint density at radius 3 is 2.96 bits per heavy atom. The Balaban J connectivity index is 2.12. The SMILES string of the molecule is COC(=O)COc1c(Cl)cc(/C=N\Nc2ncccc2[N+](=O)[O-])cc1Br. The van der Waals surface area contributed by atoms with Crippen LogP contribution in [-0.2, 0) is 9.53 Å². The molecule has 2 aromatic rings. The van der Waals surface area contributed by atoms with Crippen molar-refractivity contribution >= 4 is 51.2 Å². The van der Waals surface area contributed by atoms with Gasteiger partial charge in [0.15, 0.2) is 12.4 Å². The molecule has 0 radical (unpaired) electrons. The summed E-state index contributed by atoms with van der Waals surface area (Å²) in [6, 6.07) is 5.97. The molecule has 0 saturated heterocycles. The fourth-order valence-corrected chi connectivity index (χ4v) is 2.77. The van der Waals surface area contributed by atoms with E-state index in [1.807, 2.05) is 0 Å². The number of hydrogen-bond acceptors (Lipinski definition) is 8. The maximum Gasteiger partial charge on any atom is 0.343 e. The Labute approximate surface area is 161 Å². The van der Waals surface area contributed by atoms with E-state index in [4.69, 9.17) is 16.3 Å². The number of esters is 1. The molecule has 0 unspecified atom stereocenters. The molecule has 0 aliphatic rings. The van der Waals surface area contributed by atoms with Crippen molar-refractivity contribution < 1.29 is 19.2 Å². The number of hydrazone groups is 1. The first-order valence-electron chi connectivity index (χ1n) is 6.99. The standard InChI is InChI=1S/C15H12BrClN4O5/c1-25-13(22)8-26-14-10(16)5-9(6-11(14)17)7-19-20-15-12(21(23)24)3-2-4-18-15/h2-7H,8H2,1H3,(H,18,20)/b19-7-. The van der Waals surface area contributed by atoms with Crippen molar-refractivity contribution in [2.24, 2.45) is 5.10 Å². The minimum Gasteiger partial charge on any atom is -0.479 e. The van der Waals surface area contributed by atoms with Gasteiger partial charge in [0.25, 0.3) is 0 Å². The fraction of sp³-hybridized carbons (Fsp3) is 0.133. The number of carbonyl (C=O) groups is 1. The Kier molecular flexibility index (Phi) is 6.87. The molecule has 11 heteroatoms. The van der Waals surface area contributed by atoms with Gasteiger partial charge in [-0.3, -0.25) is 15.5 Å². The van der Waals surface area contributed by atoms with Crippen molar-refractivity contribution in [3.8, 4) is 5.75 Å². The van der Waals surface area contributed by atoms with Crippen molar-refractivity contribution in [1.29, 1.82) is 0 Å². The second-order valence-electron chi connectivity index (χ2n) is 4.68. The van der Waals surface area contributed by atoms with E-state index in [0.717, 1.165) is 0 Å². The molecule has 136 valence electrons. The van der Waals surface area contributed by atoms with E-state index >= 15 is 0 Å². The summed E-state index contributed by atoms with van der Waals surface area (Å²) < 4.78 is 10.3. The van der Waals surface area contributed by atoms with E-state index in [2.05, 4.69) is 36.2 Å². The highest BCUT2D eigenvalue weighted by molar-refractivity contribution is 9.10. The van der Waals surface area contributed by atoms with Crippen molar-refractivity contribution in [1.82, 2.24) is 4.98 Å². The number of benzene rings is 1. The van der Waals surface area contributed by atoms with Gasteiger partial charge in [-0.25, -0.2) is 9.78 Å². The molecule has 0 amide bonds. The van der Waals surface area contributed by atoms with E-state index in [0.29, 0.717) is 10.0 Å². The first kappa shape index (κ1) is 19.6. The van der Waals surface area contributed by atoms with Crippen molar-refractivity contribution in [3.05, 3.63) is 55.6 Å². The lowest BCUT2D eigenvalue weighted by Gasteiger charge is -2.09. The first-order valence-corrected chi connectivity index (χ1v) is 8.16. The summed E-state index contributed by atoms with van der Waals surface area (Å²) in [6.07, 6.45) is 2.81. The maximum absolute atomic E-state index is 11.1. The molecule has 0 atom stereocenters. The van der Waals surface area contributed by atoms with Crippen LogP contribution in [0.3, 0.4) is 0 Å². The highest BCUT2D eigenvalue weighted by atomic mass is 79.9. The molecule has 0 saturated carbocycles. The largest absolute Gasteiger partial charge is 0.479 e. The topological polar surface area (TPSA) is 116 Å². The number of nitrogens with one attached hydrogen (secondary N) is 1. The van der Waals surface area contributed by atoms with Gasteiger partial charge in [0, 0.05) is 12.3 Å². The highest BCUT2D eigenvalue weighted by Crippen LogP contribution is 2.34. The van der Waals surface area contributed by atoms with E-state index in [-0.39, 0.29) is 28.9 Å². The smallest absolute Gasteiger partial charge is 0.343 e. The molecule has 9 nitrogen and oxygen atoms in total. The van der Waals surface area contributed by atoms with Crippen LogP contribution in [0.5, 0.6) is 5.75 Å². The van der Waals surface area contributed by atoms with Crippen LogP contribution in [-0.4, -0.2) is 35.8 Å². The third-order valence-electron chi connectivity index (χ3n) is 2.95. The zero-order chi connectivity index (χ0) is 19.1. The van der Waals surface area contributed by atoms with Crippen LogP contribution >= 0.6 is 27.5 Å². The third kappa shape index (κ3) is 5.14. The average molecular weight is 444 g/mol. The number of anilines is 1. The molecule has 1 heterocycles. The van der Waals surface area contributed by atoms with Crippen molar-refractivity contribution in [3.63, 3.8) is 0 Å². The summed E-state index contributed by atoms with van der Waals surface area (Å²) in [4.78, 5) is 25.4. The molecule has 26 heavy (non-hydrogen) atoms. The molecule has 0 spiro atoms. The van der Waals surface area contributed by atoms with Gasteiger partial charge in [0.05, 0.1) is 27.7 Å². The quantitative estimate of drug-likeness (QED) is 0.302. The van der Waals surface area contributed by atoms with Gasteiger partial charge in [-0.15, -0.1) is 0 Å². The second-order valence-corrected chi connectivity index (χ2v) is 5.94. The number of hydrogen-bond donors (Lipinski definition) is 1. The van der Waals surface area contributed by atoms with Gasteiger partial charge < -0.3 is 9.47 Å². The van der Waals surface area contributed by atoms with Gasteiger partial charge in [-0.1, -0.05) is 11.6 Å². The second kappa shape index (κ2) is 9.11. The van der Waals surface area contributed by atoms with Crippen molar-refractivity contribution in [2.75, 3.05) is 19.1 Å². The Hall–Kier alpha value is -2.72. The zero-order valence-corrected chi connectivity index (χ0v) is 15.7. The molecule has 0 aliphatic heterocycles. The number of pyridine rings is 1. The molecule has 1 aromatic carbocycles. The van der Waals surface area contributed by atoms with Crippen LogP contribution in [0.2, 0.25) is 5.02 Å². The van der Waals surface area contributed by atoms with E-state index < -0.39 is 10.9 Å². The molecule has 0 fully saturated rings. The lowest BCUT2D eigenvalue weighted by Crippen LogP contribution is -2.13. The molecular weight excluding hydrogens is 432 g/mol. The number of nitro groups is 1. The normalized spacial score (nSPS) is 10.6. The summed E-state index contributed by atoms with van der Waals surface area (Å²) in [6.45, 7) is -0.285. The molecule has 1 N–H and O–H groups in total. The number of methoxy groups -OCH3 is 1. The van der Waals surface area contributed by atoms with E-state index in [1.54, 1.807) is 12.1 Å². The van der Waals surface area contributed by atoms with Crippen LogP contribution in [0.15, 0.2) is 40.0 Å². The van der Waals surface area contributed by atoms with Gasteiger partial charge in [-0.2, -0.15) is 5.10 Å². The molecule has 0 bridgehead atoms. The maximum atomic E-state index is 11.1. The monoisotopic (exact) mass is 442 g/mol. The van der Waals surface area contributed by atoms with Gasteiger partial charge in [0.2, 0.25) is 5.82 Å². The van der Waals surface area contributed by atoms with E-state index in [9.17, 15) is 14.9 Å². The summed E-state index contributed by atoms with van der Waals surface area (Å²) in [7, 11) is 1.25. The summed E-state index contributed by atoms with van der Waals surface area (Å²) in [5, 5.41) is 15.1. The van der Waals surface area contributed by atoms with Crippen LogP contribution in [0.4, 0.5) is 11.5 Å². The number of nitrogens with zero attached hydrogens (tertiary/aromatic N) is 3. The number of halogens is 2. The number of rotatable bonds is 7. The molecule has 1 aromatic heterocycles. The Bertz CT molecular complexity index is 839. The predicted molar refractivity (Wildman–Crippen MR) is 98.8 cm³/mol. The third-order valence-corrected chi connectivity index (χ3v) is 3.82. The molecular formula is C15H12BrClN4O5. The van der Waals surface area contributed by atoms with Gasteiger partial charge >= 0.3 is 11.7 Å². The van der Waals surface area contributed by atoms with E-state index in [1.165, 1.54) is 31.7 Å². The lowest BCUT2D eigenvalue weighted by molar-refractivity contribution is -0.384. The Morgan fingerprint density at radius 2 is 2.31 bits per heavy atom. The summed E-state index contributed by atoms with van der Waals surface area (Å²) in [5.41, 5.74) is 2.89. The number of aromatic nitrogens is 1. The predicted octanol–water partition coefficient (Wildman–Crippen LogP) is 3.40. The summed E-state index contributed by atoms with van der Waals surface area (Å²) >= 11 is 9.43. The minimum absolute atomic E-state index is 0.0111. The van der Waals surface area contributed by atoms with Crippen LogP contribution in [0.1, 0.15) is 5.56 Å². The highest BCUT2D eigenvalue weighted by Gasteiger charge is 2.13. The minimum atomic E-state index is -0.564. The molecule has 2 rings (SSSR count). The molecule has 0 aliphatic carbocycles. The Morgan fingerprint density at radius 1 is 1.54 bits per heavy atom. The summed E-state index contributed by atoms with van der Waals surface area (Å²) in [5.74, 6) is -0.251. The lowest BCUT2D eigenvalue weighted by atomic mass is 10.2. The van der Waals surface area contributed by atoms with Crippen LogP contribution in [0.25, 0.3) is 0 Å². The average Bonchev–Trinajstić information content (AvgIpc) is 2.61. The number of ether oxygens (including phenoxy) is 2. The number of carbonyl (C=O) groups excluding carboxylic acids is 1. The zero-order valence-electron chi connectivity index (χ0n) is 13.3.